The van der Waals surface area contributed by atoms with Gasteiger partial charge in [-0.1, -0.05) is 6.92 Å². The highest BCUT2D eigenvalue weighted by atomic mass is 32.2. The zero-order valence-corrected chi connectivity index (χ0v) is 16.9. The second-order valence-corrected chi connectivity index (χ2v) is 10.0. The minimum Gasteiger partial charge on any atom is -0.394 e. The zero-order valence-electron chi connectivity index (χ0n) is 14.5. The number of hydrogen-bond acceptors (Lipinski definition) is 9. The van der Waals surface area contributed by atoms with Crippen molar-refractivity contribution in [2.24, 2.45) is 0 Å². The molecule has 24 heavy (non-hydrogen) atoms. The second-order valence-electron chi connectivity index (χ2n) is 5.68. The van der Waals surface area contributed by atoms with E-state index in [1.54, 1.807) is 11.8 Å². The van der Waals surface area contributed by atoms with E-state index >= 15 is 0 Å². The molecular weight excluding hydrogens is 372 g/mol. The molecule has 3 saturated heterocycles. The molecule has 0 spiro atoms. The highest BCUT2D eigenvalue weighted by Crippen LogP contribution is 2.36. The van der Waals surface area contributed by atoms with Gasteiger partial charge in [-0.25, -0.2) is 0 Å². The molecular formula is C15H30O6S3. The van der Waals surface area contributed by atoms with Crippen LogP contribution in [-0.2, 0) is 14.2 Å². The molecule has 9 heteroatoms. The van der Waals surface area contributed by atoms with E-state index in [4.69, 9.17) is 29.5 Å². The number of rotatable bonds is 3. The molecule has 3 N–H and O–H groups in total. The molecule has 144 valence electrons. The van der Waals surface area contributed by atoms with Crippen molar-refractivity contribution in [1.29, 1.82) is 0 Å². The van der Waals surface area contributed by atoms with Gasteiger partial charge in [0.05, 0.1) is 43.2 Å². The molecule has 3 aliphatic heterocycles. The lowest BCUT2D eigenvalue weighted by Gasteiger charge is -2.03. The Balaban J connectivity index is 0.000000180. The van der Waals surface area contributed by atoms with E-state index < -0.39 is 0 Å². The molecule has 6 nitrogen and oxygen atoms in total. The second kappa shape index (κ2) is 13.1. The Labute approximate surface area is 157 Å². The fourth-order valence-electron chi connectivity index (χ4n) is 2.03. The third-order valence-corrected chi connectivity index (χ3v) is 7.69. The van der Waals surface area contributed by atoms with Crippen LogP contribution in [0.25, 0.3) is 0 Å². The quantitative estimate of drug-likeness (QED) is 0.648. The first-order valence-electron chi connectivity index (χ1n) is 8.12. The lowest BCUT2D eigenvalue weighted by atomic mass is 10.5. The van der Waals surface area contributed by atoms with Crippen LogP contribution in [0.15, 0.2) is 0 Å². The van der Waals surface area contributed by atoms with Gasteiger partial charge in [-0.3, -0.25) is 0 Å². The van der Waals surface area contributed by atoms with E-state index in [-0.39, 0.29) is 31.0 Å². The predicted molar refractivity (Wildman–Crippen MR) is 102 cm³/mol. The minimum absolute atomic E-state index is 0.0374. The summed E-state index contributed by atoms with van der Waals surface area (Å²) in [7, 11) is 0. The Morgan fingerprint density at radius 3 is 1.88 bits per heavy atom. The van der Waals surface area contributed by atoms with E-state index in [1.807, 2.05) is 37.4 Å². The third kappa shape index (κ3) is 9.49. The smallest absolute Gasteiger partial charge is 0.181 e. The highest BCUT2D eigenvalue weighted by Gasteiger charge is 2.22. The number of aliphatic hydroxyl groups excluding tert-OH is 3. The summed E-state index contributed by atoms with van der Waals surface area (Å²) in [5.74, 6) is 2.22. The molecule has 0 radical (unpaired) electrons. The van der Waals surface area contributed by atoms with Gasteiger partial charge in [0, 0.05) is 16.8 Å². The summed E-state index contributed by atoms with van der Waals surface area (Å²) in [4.78, 5) is 0. The van der Waals surface area contributed by atoms with E-state index in [1.165, 1.54) is 5.75 Å². The maximum Gasteiger partial charge on any atom is 0.181 e. The van der Waals surface area contributed by atoms with Crippen molar-refractivity contribution in [1.82, 2.24) is 0 Å². The molecule has 0 saturated carbocycles. The van der Waals surface area contributed by atoms with Crippen LogP contribution in [0.5, 0.6) is 0 Å². The van der Waals surface area contributed by atoms with E-state index in [0.29, 0.717) is 23.9 Å². The van der Waals surface area contributed by atoms with Gasteiger partial charge in [-0.2, -0.15) is 0 Å². The third-order valence-electron chi connectivity index (χ3n) is 3.15. The van der Waals surface area contributed by atoms with Crippen LogP contribution < -0.4 is 0 Å². The Hall–Kier alpha value is 0.810. The maximum absolute atomic E-state index is 8.64. The van der Waals surface area contributed by atoms with Crippen molar-refractivity contribution in [3.8, 4) is 0 Å². The molecule has 0 aromatic carbocycles. The Morgan fingerprint density at radius 2 is 1.62 bits per heavy atom. The summed E-state index contributed by atoms with van der Waals surface area (Å²) >= 11 is 5.42. The van der Waals surface area contributed by atoms with Gasteiger partial charge in [0.25, 0.3) is 0 Å². The molecule has 0 amide bonds. The van der Waals surface area contributed by atoms with Crippen molar-refractivity contribution >= 4 is 35.3 Å². The first kappa shape index (κ1) is 22.9. The van der Waals surface area contributed by atoms with Gasteiger partial charge in [0.2, 0.25) is 0 Å². The largest absolute Gasteiger partial charge is 0.394 e. The monoisotopic (exact) mass is 402 g/mol. The lowest BCUT2D eigenvalue weighted by Crippen LogP contribution is -2.13. The van der Waals surface area contributed by atoms with Crippen LogP contribution in [0.4, 0.5) is 0 Å². The summed E-state index contributed by atoms with van der Waals surface area (Å²) in [5, 5.41) is 26.4. The fraction of sp³-hybridized carbons (Fsp3) is 1.00. The molecule has 3 aliphatic rings. The number of hydrogen-bond donors (Lipinski definition) is 3. The summed E-state index contributed by atoms with van der Waals surface area (Å²) in [6.45, 7) is 7.18. The van der Waals surface area contributed by atoms with Gasteiger partial charge >= 0.3 is 0 Å². The Bertz CT molecular complexity index is 278. The van der Waals surface area contributed by atoms with Crippen molar-refractivity contribution in [3.63, 3.8) is 0 Å². The molecule has 6 atom stereocenters. The van der Waals surface area contributed by atoms with Gasteiger partial charge in [0.15, 0.2) is 6.29 Å². The Kier molecular flexibility index (Phi) is 12.4. The topological polar surface area (TPSA) is 88.4 Å². The molecule has 3 heterocycles. The van der Waals surface area contributed by atoms with Crippen LogP contribution in [0, 0.1) is 0 Å². The number of aliphatic hydroxyl groups is 3. The van der Waals surface area contributed by atoms with Gasteiger partial charge in [0.1, 0.15) is 5.44 Å². The van der Waals surface area contributed by atoms with Crippen molar-refractivity contribution in [3.05, 3.63) is 0 Å². The van der Waals surface area contributed by atoms with Crippen molar-refractivity contribution in [2.75, 3.05) is 37.9 Å². The molecule has 0 aliphatic carbocycles. The minimum atomic E-state index is -0.370. The van der Waals surface area contributed by atoms with Crippen molar-refractivity contribution < 1.29 is 29.5 Å². The molecule has 0 unspecified atom stereocenters. The first-order valence-corrected chi connectivity index (χ1v) is 11.2. The number of thioether (sulfide) groups is 3. The normalized spacial score (nSPS) is 38.2. The number of ether oxygens (including phenoxy) is 3. The molecule has 3 rings (SSSR count). The fourth-order valence-corrected chi connectivity index (χ4v) is 5.83. The van der Waals surface area contributed by atoms with Crippen LogP contribution in [0.1, 0.15) is 20.8 Å². The molecule has 0 bridgehead atoms. The highest BCUT2D eigenvalue weighted by molar-refractivity contribution is 8.20. The van der Waals surface area contributed by atoms with Crippen molar-refractivity contribution in [2.45, 2.75) is 54.5 Å². The van der Waals surface area contributed by atoms with E-state index in [0.717, 1.165) is 11.0 Å². The summed E-state index contributed by atoms with van der Waals surface area (Å²) in [6, 6.07) is 0. The van der Waals surface area contributed by atoms with Gasteiger partial charge in [-0.05, 0) is 13.8 Å². The van der Waals surface area contributed by atoms with Crippen LogP contribution >= 0.6 is 35.3 Å². The average Bonchev–Trinajstić information content (AvgIpc) is 3.30. The van der Waals surface area contributed by atoms with Crippen LogP contribution in [-0.4, -0.2) is 87.0 Å². The predicted octanol–water partition coefficient (Wildman–Crippen LogP) is 1.37. The van der Waals surface area contributed by atoms with Crippen LogP contribution in [0.2, 0.25) is 0 Å². The van der Waals surface area contributed by atoms with Gasteiger partial charge in [-0.15, -0.1) is 35.3 Å². The summed E-state index contributed by atoms with van der Waals surface area (Å²) in [6.07, 6.45) is 0.106. The standard InChI is InChI=1S/C5H10O3.C5H10O2S.C5H10OS2/c1-4-3-7-5(2-6)8-4;1-4-3-8-5(2-6)7-4;1-4-3-7-5(2-6)8-4/h3*4-6H,2-3H2,1H3/t4-,5+;4-,5-;4-,5+/m000/s1. The summed E-state index contributed by atoms with van der Waals surface area (Å²) in [5.41, 5.74) is 0.0463. The summed E-state index contributed by atoms with van der Waals surface area (Å²) < 4.78 is 15.7. The average molecular weight is 403 g/mol. The molecule has 3 fully saturated rings. The molecule has 0 aromatic rings. The van der Waals surface area contributed by atoms with Gasteiger partial charge < -0.3 is 29.5 Å². The zero-order chi connectivity index (χ0) is 17.9. The molecule has 0 aromatic heterocycles. The first-order chi connectivity index (χ1) is 11.5. The maximum atomic E-state index is 8.64. The lowest BCUT2D eigenvalue weighted by molar-refractivity contribution is -0.0853. The van der Waals surface area contributed by atoms with Crippen LogP contribution in [0.3, 0.4) is 0 Å². The SMILES string of the molecule is C[C@H]1CO[C@@H](CO)O1.C[C@H]1CS[C@@H](CO)O1.C[C@H]1CS[C@@H](CO)S1. The Morgan fingerprint density at radius 1 is 0.875 bits per heavy atom. The van der Waals surface area contributed by atoms with E-state index in [2.05, 4.69) is 6.92 Å². The van der Waals surface area contributed by atoms with E-state index in [9.17, 15) is 0 Å².